The van der Waals surface area contributed by atoms with Crippen LogP contribution >= 0.6 is 0 Å². The minimum Gasteiger partial charge on any atom is -0.399 e. The number of nitrogens with zero attached hydrogens (tertiary/aromatic N) is 2. The lowest BCUT2D eigenvalue weighted by atomic mass is 10.2. The van der Waals surface area contributed by atoms with E-state index in [2.05, 4.69) is 15.3 Å². The van der Waals surface area contributed by atoms with Crippen molar-refractivity contribution >= 4 is 22.4 Å². The van der Waals surface area contributed by atoms with E-state index in [0.29, 0.717) is 11.5 Å². The van der Waals surface area contributed by atoms with Gasteiger partial charge in [-0.05, 0) is 18.2 Å². The number of rotatable bonds is 4. The van der Waals surface area contributed by atoms with Crippen molar-refractivity contribution in [2.45, 2.75) is 6.04 Å². The summed E-state index contributed by atoms with van der Waals surface area (Å²) in [6, 6.07) is 4.86. The fraction of sp³-hybridized carbons (Fsp3) is 0.273. The molecule has 1 aromatic heterocycles. The second kappa shape index (κ2) is 4.94. The fourth-order valence-corrected chi connectivity index (χ4v) is 1.53. The highest BCUT2D eigenvalue weighted by Crippen LogP contribution is 2.21. The molecule has 0 amide bonds. The first kappa shape index (κ1) is 11.6. The number of hydrogen-bond acceptors (Lipinski definition) is 6. The molecule has 1 heterocycles. The monoisotopic (exact) mass is 234 g/mol. The van der Waals surface area contributed by atoms with Crippen molar-refractivity contribution < 1.29 is 10.2 Å². The van der Waals surface area contributed by atoms with E-state index in [9.17, 15) is 0 Å². The number of anilines is 2. The average Bonchev–Trinajstić information content (AvgIpc) is 2.36. The number of nitrogen functional groups attached to an aromatic ring is 1. The Bertz CT molecular complexity index is 514. The van der Waals surface area contributed by atoms with Crippen LogP contribution in [0.3, 0.4) is 0 Å². The molecule has 17 heavy (non-hydrogen) atoms. The van der Waals surface area contributed by atoms with Gasteiger partial charge in [-0.2, -0.15) is 0 Å². The van der Waals surface area contributed by atoms with Crippen LogP contribution < -0.4 is 11.1 Å². The van der Waals surface area contributed by atoms with E-state index in [-0.39, 0.29) is 13.2 Å². The highest BCUT2D eigenvalue weighted by atomic mass is 16.3. The summed E-state index contributed by atoms with van der Waals surface area (Å²) in [6.45, 7) is -0.353. The molecule has 2 rings (SSSR count). The highest BCUT2D eigenvalue weighted by molar-refractivity contribution is 5.91. The van der Waals surface area contributed by atoms with E-state index in [1.54, 1.807) is 18.2 Å². The summed E-state index contributed by atoms with van der Waals surface area (Å²) in [4.78, 5) is 8.19. The van der Waals surface area contributed by atoms with E-state index in [1.807, 2.05) is 0 Å². The summed E-state index contributed by atoms with van der Waals surface area (Å²) in [5.74, 6) is 0.551. The smallest absolute Gasteiger partial charge is 0.137 e. The highest BCUT2D eigenvalue weighted by Gasteiger charge is 2.09. The van der Waals surface area contributed by atoms with Crippen molar-refractivity contribution in [3.8, 4) is 0 Å². The molecule has 90 valence electrons. The van der Waals surface area contributed by atoms with E-state index in [1.165, 1.54) is 6.33 Å². The minimum absolute atomic E-state index is 0.176. The Morgan fingerprint density at radius 3 is 2.71 bits per heavy atom. The van der Waals surface area contributed by atoms with Crippen LogP contribution in [0.15, 0.2) is 24.5 Å². The second-order valence-corrected chi connectivity index (χ2v) is 3.71. The quantitative estimate of drug-likeness (QED) is 0.554. The molecule has 0 fully saturated rings. The standard InChI is InChI=1S/C11H14N4O2/c12-7-1-2-10-9(3-7)11(14-6-13-10)15-8(4-16)5-17/h1-3,6,8,16-17H,4-5,12H2,(H,13,14,15). The zero-order valence-electron chi connectivity index (χ0n) is 9.17. The van der Waals surface area contributed by atoms with Gasteiger partial charge in [-0.15, -0.1) is 0 Å². The lowest BCUT2D eigenvalue weighted by molar-refractivity contribution is 0.203. The zero-order valence-corrected chi connectivity index (χ0v) is 9.17. The largest absolute Gasteiger partial charge is 0.399 e. The van der Waals surface area contributed by atoms with Gasteiger partial charge in [0.05, 0.1) is 24.8 Å². The summed E-state index contributed by atoms with van der Waals surface area (Å²) in [7, 11) is 0. The van der Waals surface area contributed by atoms with Crippen molar-refractivity contribution in [2.24, 2.45) is 0 Å². The number of aliphatic hydroxyl groups excluding tert-OH is 2. The van der Waals surface area contributed by atoms with Crippen LogP contribution in [0.5, 0.6) is 0 Å². The number of benzene rings is 1. The first-order chi connectivity index (χ1) is 8.24. The van der Waals surface area contributed by atoms with Gasteiger partial charge in [0.1, 0.15) is 12.1 Å². The molecule has 0 bridgehead atoms. The lowest BCUT2D eigenvalue weighted by Gasteiger charge is -2.15. The van der Waals surface area contributed by atoms with Crippen LogP contribution in [0.1, 0.15) is 0 Å². The minimum atomic E-state index is -0.450. The number of fused-ring (bicyclic) bond motifs is 1. The van der Waals surface area contributed by atoms with Gasteiger partial charge in [-0.3, -0.25) is 0 Å². The van der Waals surface area contributed by atoms with Crippen molar-refractivity contribution in [2.75, 3.05) is 24.3 Å². The first-order valence-electron chi connectivity index (χ1n) is 5.23. The first-order valence-corrected chi connectivity index (χ1v) is 5.23. The molecule has 0 radical (unpaired) electrons. The molecule has 1 aromatic carbocycles. The normalized spacial score (nSPS) is 11.0. The van der Waals surface area contributed by atoms with Gasteiger partial charge < -0.3 is 21.3 Å². The van der Waals surface area contributed by atoms with Gasteiger partial charge in [0, 0.05) is 11.1 Å². The van der Waals surface area contributed by atoms with Crippen molar-refractivity contribution in [1.29, 1.82) is 0 Å². The molecule has 0 atom stereocenters. The van der Waals surface area contributed by atoms with Crippen LogP contribution in [-0.2, 0) is 0 Å². The number of nitrogens with one attached hydrogen (secondary N) is 1. The lowest BCUT2D eigenvalue weighted by Crippen LogP contribution is -2.28. The summed E-state index contributed by atoms with van der Waals surface area (Å²) in [5.41, 5.74) is 7.07. The molecular formula is C11H14N4O2. The fourth-order valence-electron chi connectivity index (χ4n) is 1.53. The summed E-state index contributed by atoms with van der Waals surface area (Å²) in [6.07, 6.45) is 1.42. The molecule has 0 unspecified atom stereocenters. The summed E-state index contributed by atoms with van der Waals surface area (Å²) < 4.78 is 0. The molecular weight excluding hydrogens is 220 g/mol. The van der Waals surface area contributed by atoms with Crippen LogP contribution in [0.4, 0.5) is 11.5 Å². The Morgan fingerprint density at radius 1 is 1.24 bits per heavy atom. The Kier molecular flexibility index (Phi) is 3.36. The average molecular weight is 234 g/mol. The molecule has 2 aromatic rings. The maximum atomic E-state index is 9.02. The van der Waals surface area contributed by atoms with Crippen LogP contribution in [0.25, 0.3) is 10.9 Å². The van der Waals surface area contributed by atoms with Gasteiger partial charge >= 0.3 is 0 Å². The topological polar surface area (TPSA) is 104 Å². The Balaban J connectivity index is 2.42. The number of aromatic nitrogens is 2. The maximum Gasteiger partial charge on any atom is 0.137 e. The molecule has 6 nitrogen and oxygen atoms in total. The second-order valence-electron chi connectivity index (χ2n) is 3.71. The molecule has 0 saturated heterocycles. The Hall–Kier alpha value is -1.92. The van der Waals surface area contributed by atoms with E-state index < -0.39 is 6.04 Å². The van der Waals surface area contributed by atoms with Gasteiger partial charge in [0.2, 0.25) is 0 Å². The number of hydrogen-bond donors (Lipinski definition) is 4. The van der Waals surface area contributed by atoms with Crippen LogP contribution in [0.2, 0.25) is 0 Å². The molecule has 0 aliphatic carbocycles. The SMILES string of the molecule is Nc1ccc2ncnc(NC(CO)CO)c2c1. The number of aliphatic hydroxyl groups is 2. The van der Waals surface area contributed by atoms with Gasteiger partial charge in [-0.25, -0.2) is 9.97 Å². The molecule has 0 aliphatic rings. The van der Waals surface area contributed by atoms with Crippen molar-refractivity contribution in [1.82, 2.24) is 9.97 Å². The zero-order chi connectivity index (χ0) is 12.3. The molecule has 6 heteroatoms. The molecule has 0 spiro atoms. The van der Waals surface area contributed by atoms with Crippen molar-refractivity contribution in [3.05, 3.63) is 24.5 Å². The molecule has 5 N–H and O–H groups in total. The molecule has 0 aliphatic heterocycles. The third kappa shape index (κ3) is 2.43. The van der Waals surface area contributed by atoms with E-state index in [0.717, 1.165) is 10.9 Å². The van der Waals surface area contributed by atoms with E-state index >= 15 is 0 Å². The van der Waals surface area contributed by atoms with Crippen LogP contribution in [0, 0.1) is 0 Å². The molecule has 0 saturated carbocycles. The van der Waals surface area contributed by atoms with Gasteiger partial charge in [0.25, 0.3) is 0 Å². The van der Waals surface area contributed by atoms with Crippen LogP contribution in [-0.4, -0.2) is 39.4 Å². The number of nitrogens with two attached hydrogens (primary N) is 1. The summed E-state index contributed by atoms with van der Waals surface area (Å²) in [5, 5.41) is 21.8. The van der Waals surface area contributed by atoms with Crippen molar-refractivity contribution in [3.63, 3.8) is 0 Å². The third-order valence-corrected chi connectivity index (χ3v) is 2.44. The van der Waals surface area contributed by atoms with Gasteiger partial charge in [0.15, 0.2) is 0 Å². The van der Waals surface area contributed by atoms with Gasteiger partial charge in [-0.1, -0.05) is 0 Å². The maximum absolute atomic E-state index is 9.02. The Morgan fingerprint density at radius 2 is 2.00 bits per heavy atom. The predicted octanol–water partition coefficient (Wildman–Crippen LogP) is -0.0229. The predicted molar refractivity (Wildman–Crippen MR) is 65.5 cm³/mol. The summed E-state index contributed by atoms with van der Waals surface area (Å²) >= 11 is 0. The van der Waals surface area contributed by atoms with E-state index in [4.69, 9.17) is 15.9 Å². The Labute approximate surface area is 98.1 Å². The third-order valence-electron chi connectivity index (χ3n) is 2.44.